The van der Waals surface area contributed by atoms with E-state index in [1.165, 1.54) is 31.1 Å². The number of fused-ring (bicyclic) bond motifs is 4. The Balaban J connectivity index is 1.33. The largest absolute Gasteiger partial charge is 0.508 e. The van der Waals surface area contributed by atoms with Gasteiger partial charge in [-0.1, -0.05) is 19.1 Å². The fourth-order valence-corrected chi connectivity index (χ4v) is 7.93. The molecule has 0 saturated heterocycles. The van der Waals surface area contributed by atoms with Gasteiger partial charge in [0.05, 0.1) is 41.5 Å². The number of hydrogen-bond donors (Lipinski definition) is 9. The van der Waals surface area contributed by atoms with Crippen molar-refractivity contribution in [2.24, 2.45) is 17.6 Å². The molecule has 258 valence electrons. The number of nitrogens with zero attached hydrogens (tertiary/aromatic N) is 1. The maximum Gasteiger partial charge on any atom is 0.492 e. The summed E-state index contributed by atoms with van der Waals surface area (Å²) >= 11 is 0. The zero-order chi connectivity index (χ0) is 36.1. The number of rotatable bonds is 6. The lowest BCUT2D eigenvalue weighted by Crippen LogP contribution is -2.70. The molecule has 1 saturated carbocycles. The van der Waals surface area contributed by atoms with Crippen molar-refractivity contribution in [2.45, 2.75) is 50.0 Å². The number of phenols is 1. The Morgan fingerprint density at radius 1 is 1.10 bits per heavy atom. The zero-order valence-electron chi connectivity index (χ0n) is 27.3. The van der Waals surface area contributed by atoms with Gasteiger partial charge in [0.15, 0.2) is 11.4 Å². The molecule has 49 heavy (non-hydrogen) atoms. The van der Waals surface area contributed by atoms with Gasteiger partial charge in [0.25, 0.3) is 5.91 Å². The molecule has 10 N–H and O–H groups in total. The fraction of sp³-hybridized carbons (Fsp3) is 0.394. The van der Waals surface area contributed by atoms with Gasteiger partial charge in [0.1, 0.15) is 22.8 Å². The van der Waals surface area contributed by atoms with Gasteiger partial charge in [-0.15, -0.1) is 0 Å². The average Bonchev–Trinajstić information content (AvgIpc) is 3.25. The van der Waals surface area contributed by atoms with Crippen LogP contribution >= 0.6 is 0 Å². The van der Waals surface area contributed by atoms with E-state index in [1.54, 1.807) is 25.1 Å². The first-order valence-corrected chi connectivity index (χ1v) is 15.6. The van der Waals surface area contributed by atoms with Crippen LogP contribution in [0.1, 0.15) is 43.4 Å². The third kappa shape index (κ3) is 4.85. The van der Waals surface area contributed by atoms with Crippen LogP contribution in [0, 0.1) is 11.8 Å². The Morgan fingerprint density at radius 2 is 1.78 bits per heavy atom. The van der Waals surface area contributed by atoms with Gasteiger partial charge in [-0.05, 0) is 68.6 Å². The smallest absolute Gasteiger partial charge is 0.492 e. The molecule has 2 aromatic rings. The summed E-state index contributed by atoms with van der Waals surface area (Å²) in [5, 5.41) is 73.2. The fourth-order valence-electron chi connectivity index (χ4n) is 7.93. The number of nitrogens with two attached hydrogens (primary N) is 1. The maximum absolute atomic E-state index is 14.2. The summed E-state index contributed by atoms with van der Waals surface area (Å²) in [5.41, 5.74) is 1.89. The average molecular weight is 676 g/mol. The van der Waals surface area contributed by atoms with Crippen LogP contribution in [0.3, 0.4) is 0 Å². The molecule has 0 spiro atoms. The molecule has 1 heterocycles. The molecule has 4 aliphatic rings. The Hall–Kier alpha value is -4.74. The molecule has 2 aromatic carbocycles. The second-order valence-electron chi connectivity index (χ2n) is 13.7. The number of aliphatic hydroxyl groups is 4. The van der Waals surface area contributed by atoms with Crippen molar-refractivity contribution in [2.75, 3.05) is 31.3 Å². The van der Waals surface area contributed by atoms with Crippen LogP contribution in [0.25, 0.3) is 5.76 Å². The number of anilines is 2. The summed E-state index contributed by atoms with van der Waals surface area (Å²) in [6.45, 7) is 5.00. The summed E-state index contributed by atoms with van der Waals surface area (Å²) in [7, 11) is 1.73. The lowest BCUT2D eigenvalue weighted by Gasteiger charge is -2.53. The van der Waals surface area contributed by atoms with Crippen LogP contribution in [-0.4, -0.2) is 104 Å². The number of aliphatic hydroxyl groups excluding tert-OH is 3. The highest BCUT2D eigenvalue weighted by atomic mass is 16.5. The molecule has 1 fully saturated rings. The van der Waals surface area contributed by atoms with Crippen molar-refractivity contribution in [3.63, 3.8) is 0 Å². The van der Waals surface area contributed by atoms with Crippen LogP contribution in [-0.2, 0) is 29.4 Å². The number of ketones is 2. The number of benzene rings is 2. The zero-order valence-corrected chi connectivity index (χ0v) is 27.3. The molecule has 0 radical (unpaired) electrons. The molecule has 0 bridgehead atoms. The minimum Gasteiger partial charge on any atom is -0.508 e. The van der Waals surface area contributed by atoms with Gasteiger partial charge in [0, 0.05) is 17.2 Å². The highest BCUT2D eigenvalue weighted by molar-refractivity contribution is 6.62. The molecule has 0 aromatic heterocycles. The van der Waals surface area contributed by atoms with Crippen LogP contribution in [0.5, 0.6) is 5.75 Å². The molecule has 3 aliphatic carbocycles. The molecule has 1 aliphatic heterocycles. The van der Waals surface area contributed by atoms with Crippen LogP contribution < -0.4 is 21.8 Å². The second kappa shape index (κ2) is 11.4. The molecular formula is C33H37BN4O11. The highest BCUT2D eigenvalue weighted by Gasteiger charge is 2.68. The molecular weight excluding hydrogens is 639 g/mol. The summed E-state index contributed by atoms with van der Waals surface area (Å²) in [4.78, 5) is 53.9. The van der Waals surface area contributed by atoms with Crippen molar-refractivity contribution in [3.05, 3.63) is 63.9 Å². The van der Waals surface area contributed by atoms with E-state index in [4.69, 9.17) is 10.4 Å². The lowest BCUT2D eigenvalue weighted by atomic mass is 9.54. The van der Waals surface area contributed by atoms with Gasteiger partial charge >= 0.3 is 7.12 Å². The first-order valence-electron chi connectivity index (χ1n) is 15.6. The van der Waals surface area contributed by atoms with Gasteiger partial charge in [-0.2, -0.15) is 0 Å². The summed E-state index contributed by atoms with van der Waals surface area (Å²) < 4.78 is 5.57. The maximum atomic E-state index is 14.2. The molecule has 16 heteroatoms. The number of carbonyl (C=O) groups is 4. The van der Waals surface area contributed by atoms with E-state index in [-0.39, 0.29) is 17.8 Å². The van der Waals surface area contributed by atoms with Gasteiger partial charge in [0.2, 0.25) is 11.7 Å². The lowest BCUT2D eigenvalue weighted by molar-refractivity contribution is -0.169. The standard InChI is InChI=1S/C33H37BN4O11/c1-12-14-7-9-17(37-18(39)11-36-13-6-8-15-16(10-13)34(48)49-32(15,2)3)25(40)20(14)26(41)21-19(12)27(42)23-24(38(4)5)28(43)22(31(35)46)30(45)33(23,47)29(21)44/h6-10,12,19,23-24,27,36,40-42,45,47-48H,11H2,1-5H3,(H2,35,46)(H,37,39)/t12-,19+,23+,24-,27-,33-/m0/s1. The normalized spacial score (nSPS) is 28.6. The van der Waals surface area contributed by atoms with Crippen LogP contribution in [0.15, 0.2) is 47.2 Å². The SMILES string of the molecule is C[C@H]1c2ccc(NC(=O)CNc3ccc4c(c3)B(O)OC4(C)C)c(O)c2C(O)=C2C(=O)[C@]3(O)C(O)=C(C(N)=O)C(=O)[C@@H](N(C)C)[C@@H]3[C@@H](O)[C@@H]21. The first kappa shape index (κ1) is 34.1. The minimum atomic E-state index is -3.04. The predicted octanol–water partition coefficient (Wildman–Crippen LogP) is -0.501. The summed E-state index contributed by atoms with van der Waals surface area (Å²) in [6, 6.07) is 6.60. The van der Waals surface area contributed by atoms with E-state index >= 15 is 0 Å². The van der Waals surface area contributed by atoms with Crippen LogP contribution in [0.2, 0.25) is 0 Å². The van der Waals surface area contributed by atoms with Gasteiger partial charge in [-0.25, -0.2) is 0 Å². The van der Waals surface area contributed by atoms with E-state index in [0.29, 0.717) is 16.7 Å². The van der Waals surface area contributed by atoms with Crippen molar-refractivity contribution in [3.8, 4) is 5.75 Å². The number of Topliss-reactive ketones (excluding diaryl/α,β-unsaturated/α-hetero) is 2. The summed E-state index contributed by atoms with van der Waals surface area (Å²) in [6.07, 6.45) is -1.72. The van der Waals surface area contributed by atoms with E-state index in [0.717, 1.165) is 5.56 Å². The first-order chi connectivity index (χ1) is 22.8. The number of likely N-dealkylation sites (N-methyl/N-ethyl adjacent to an activating group) is 1. The molecule has 6 rings (SSSR count). The number of nitrogens with one attached hydrogen (secondary N) is 2. The molecule has 0 unspecified atom stereocenters. The number of carbonyl (C=O) groups excluding carboxylic acids is 4. The quantitative estimate of drug-likeness (QED) is 0.106. The number of aromatic hydroxyl groups is 1. The topological polar surface area (TPSA) is 252 Å². The highest BCUT2D eigenvalue weighted by Crippen LogP contribution is 2.56. The predicted molar refractivity (Wildman–Crippen MR) is 176 cm³/mol. The van der Waals surface area contributed by atoms with Crippen molar-refractivity contribution < 1.29 is 54.4 Å². The van der Waals surface area contributed by atoms with E-state index in [9.17, 15) is 49.7 Å². The van der Waals surface area contributed by atoms with Gasteiger partial charge < -0.3 is 51.6 Å². The van der Waals surface area contributed by atoms with E-state index < -0.39 is 100 Å². The summed E-state index contributed by atoms with van der Waals surface area (Å²) in [5.74, 6) is -10.7. The molecule has 6 atom stereocenters. The Labute approximate surface area is 280 Å². The van der Waals surface area contributed by atoms with Gasteiger partial charge in [-0.3, -0.25) is 24.1 Å². The Bertz CT molecular complexity index is 1910. The Kier molecular flexibility index (Phi) is 7.96. The van der Waals surface area contributed by atoms with E-state index in [2.05, 4.69) is 10.6 Å². The third-order valence-corrected chi connectivity index (χ3v) is 10.2. The number of amides is 2. The third-order valence-electron chi connectivity index (χ3n) is 10.2. The minimum absolute atomic E-state index is 0.127. The Morgan fingerprint density at radius 3 is 2.41 bits per heavy atom. The van der Waals surface area contributed by atoms with Crippen LogP contribution in [0.4, 0.5) is 11.4 Å². The number of phenolic OH excluding ortho intramolecular Hbond substituents is 1. The van der Waals surface area contributed by atoms with E-state index in [1.807, 2.05) is 13.8 Å². The molecule has 2 amide bonds. The van der Waals surface area contributed by atoms with Crippen molar-refractivity contribution in [1.29, 1.82) is 0 Å². The van der Waals surface area contributed by atoms with Crippen molar-refractivity contribution >= 4 is 53.1 Å². The molecule has 15 nitrogen and oxygen atoms in total. The number of hydrogen-bond acceptors (Lipinski definition) is 13. The monoisotopic (exact) mass is 676 g/mol. The van der Waals surface area contributed by atoms with Crippen molar-refractivity contribution in [1.82, 2.24) is 4.90 Å². The second-order valence-corrected chi connectivity index (χ2v) is 13.7. The number of primary amides is 1.